The number of aliphatic carboxylic acids is 1. The molecule has 0 aliphatic rings. The van der Waals surface area contributed by atoms with Gasteiger partial charge >= 0.3 is 5.97 Å². The van der Waals surface area contributed by atoms with E-state index in [1.54, 1.807) is 0 Å². The van der Waals surface area contributed by atoms with Gasteiger partial charge in [-0.1, -0.05) is 13.3 Å². The third-order valence-corrected chi connectivity index (χ3v) is 2.49. The van der Waals surface area contributed by atoms with Crippen molar-refractivity contribution in [1.29, 1.82) is 0 Å². The first-order valence-corrected chi connectivity index (χ1v) is 5.77. The summed E-state index contributed by atoms with van der Waals surface area (Å²) in [6.07, 6.45) is -1.60. The van der Waals surface area contributed by atoms with Crippen LogP contribution in [0.15, 0.2) is 24.3 Å². The maximum atomic E-state index is 11.0. The number of carboxylic acids is 1. The standard InChI is InChI=1S/C12H15NO6/c1-2-3-10(14)11(12(15)16)19-9-6-4-8(5-7-9)13(17)18/h4-7,10-11,14H,2-3H2,1H3,(H,15,16)/t10?,11-/m1/s1. The van der Waals surface area contributed by atoms with Crippen LogP contribution in [0.1, 0.15) is 19.8 Å². The number of hydrogen-bond donors (Lipinski definition) is 2. The molecule has 0 saturated carbocycles. The second-order valence-corrected chi connectivity index (χ2v) is 3.98. The smallest absolute Gasteiger partial charge is 0.347 e. The fraction of sp³-hybridized carbons (Fsp3) is 0.417. The van der Waals surface area contributed by atoms with E-state index in [9.17, 15) is 20.0 Å². The molecule has 19 heavy (non-hydrogen) atoms. The van der Waals surface area contributed by atoms with Crippen LogP contribution in [0.5, 0.6) is 5.75 Å². The van der Waals surface area contributed by atoms with Crippen LogP contribution in [0.4, 0.5) is 5.69 Å². The summed E-state index contributed by atoms with van der Waals surface area (Å²) in [6.45, 7) is 1.81. The molecule has 0 fully saturated rings. The largest absolute Gasteiger partial charge is 0.478 e. The Labute approximate surface area is 109 Å². The number of carboxylic acid groups (broad SMARTS) is 1. The molecule has 7 nitrogen and oxygen atoms in total. The zero-order chi connectivity index (χ0) is 14.4. The first kappa shape index (κ1) is 14.9. The van der Waals surface area contributed by atoms with E-state index in [2.05, 4.69) is 0 Å². The highest BCUT2D eigenvalue weighted by atomic mass is 16.6. The number of aliphatic hydroxyl groups excluding tert-OH is 1. The van der Waals surface area contributed by atoms with Crippen LogP contribution in [0.3, 0.4) is 0 Å². The average Bonchev–Trinajstić information content (AvgIpc) is 2.36. The highest BCUT2D eigenvalue weighted by molar-refractivity contribution is 5.73. The van der Waals surface area contributed by atoms with Gasteiger partial charge in [-0.25, -0.2) is 4.79 Å². The lowest BCUT2D eigenvalue weighted by Crippen LogP contribution is -2.39. The molecule has 1 unspecified atom stereocenters. The molecule has 1 aromatic carbocycles. The van der Waals surface area contributed by atoms with E-state index < -0.39 is 23.1 Å². The van der Waals surface area contributed by atoms with Gasteiger partial charge in [0, 0.05) is 12.1 Å². The molecule has 1 rings (SSSR count). The molecule has 0 radical (unpaired) electrons. The first-order valence-electron chi connectivity index (χ1n) is 5.77. The summed E-state index contributed by atoms with van der Waals surface area (Å²) < 4.78 is 5.15. The lowest BCUT2D eigenvalue weighted by atomic mass is 10.1. The lowest BCUT2D eigenvalue weighted by molar-refractivity contribution is -0.384. The van der Waals surface area contributed by atoms with Gasteiger partial charge in [0.2, 0.25) is 6.10 Å². The SMILES string of the molecule is CCCC(O)[C@@H](Oc1ccc([N+](=O)[O-])cc1)C(=O)O. The fourth-order valence-corrected chi connectivity index (χ4v) is 1.53. The summed E-state index contributed by atoms with van der Waals surface area (Å²) in [6, 6.07) is 5.01. The molecule has 1 aromatic rings. The summed E-state index contributed by atoms with van der Waals surface area (Å²) in [5.74, 6) is -1.12. The molecule has 0 bridgehead atoms. The van der Waals surface area contributed by atoms with E-state index >= 15 is 0 Å². The number of benzene rings is 1. The Balaban J connectivity index is 2.79. The topological polar surface area (TPSA) is 110 Å². The second-order valence-electron chi connectivity index (χ2n) is 3.98. The van der Waals surface area contributed by atoms with E-state index in [1.165, 1.54) is 24.3 Å². The van der Waals surface area contributed by atoms with Gasteiger partial charge in [0.1, 0.15) is 11.9 Å². The van der Waals surface area contributed by atoms with Crippen molar-refractivity contribution in [3.8, 4) is 5.75 Å². The molecule has 0 heterocycles. The van der Waals surface area contributed by atoms with Crippen molar-refractivity contribution in [2.24, 2.45) is 0 Å². The highest BCUT2D eigenvalue weighted by Gasteiger charge is 2.28. The van der Waals surface area contributed by atoms with Crippen LogP contribution < -0.4 is 4.74 Å². The zero-order valence-corrected chi connectivity index (χ0v) is 10.4. The summed E-state index contributed by atoms with van der Waals surface area (Å²) in [7, 11) is 0. The minimum atomic E-state index is -1.39. The van der Waals surface area contributed by atoms with E-state index in [-0.39, 0.29) is 11.4 Å². The zero-order valence-electron chi connectivity index (χ0n) is 10.4. The minimum absolute atomic E-state index is 0.117. The predicted octanol–water partition coefficient (Wildman–Crippen LogP) is 1.59. The van der Waals surface area contributed by atoms with E-state index in [1.807, 2.05) is 6.92 Å². The Kier molecular flexibility index (Phi) is 5.25. The van der Waals surface area contributed by atoms with Gasteiger partial charge in [0.05, 0.1) is 4.92 Å². The predicted molar refractivity (Wildman–Crippen MR) is 66.1 cm³/mol. The average molecular weight is 269 g/mol. The minimum Gasteiger partial charge on any atom is -0.478 e. The lowest BCUT2D eigenvalue weighted by Gasteiger charge is -2.20. The van der Waals surface area contributed by atoms with E-state index in [0.29, 0.717) is 12.8 Å². The molecule has 0 spiro atoms. The number of nitro groups is 1. The second kappa shape index (κ2) is 6.69. The van der Waals surface area contributed by atoms with Crippen molar-refractivity contribution in [2.45, 2.75) is 32.0 Å². The number of non-ortho nitro benzene ring substituents is 1. The Hall–Kier alpha value is -2.15. The molecule has 0 amide bonds. The molecule has 2 atom stereocenters. The highest BCUT2D eigenvalue weighted by Crippen LogP contribution is 2.20. The third kappa shape index (κ3) is 4.22. The maximum Gasteiger partial charge on any atom is 0.347 e. The van der Waals surface area contributed by atoms with Crippen molar-refractivity contribution < 1.29 is 24.7 Å². The van der Waals surface area contributed by atoms with Crippen molar-refractivity contribution in [2.75, 3.05) is 0 Å². The number of nitro benzene ring substituents is 1. The van der Waals surface area contributed by atoms with E-state index in [4.69, 9.17) is 9.84 Å². The Bertz CT molecular complexity index is 444. The molecule has 7 heteroatoms. The molecule has 2 N–H and O–H groups in total. The first-order chi connectivity index (χ1) is 8.95. The van der Waals surface area contributed by atoms with Crippen LogP contribution >= 0.6 is 0 Å². The van der Waals surface area contributed by atoms with E-state index in [0.717, 1.165) is 0 Å². The van der Waals surface area contributed by atoms with Gasteiger partial charge in [-0.2, -0.15) is 0 Å². The number of ether oxygens (including phenoxy) is 1. The Morgan fingerprint density at radius 2 is 2.00 bits per heavy atom. The van der Waals surface area contributed by atoms with Crippen LogP contribution in [-0.2, 0) is 4.79 Å². The molecule has 104 valence electrons. The van der Waals surface area contributed by atoms with Crippen LogP contribution in [-0.4, -0.2) is 33.3 Å². The van der Waals surface area contributed by atoms with Crippen LogP contribution in [0.25, 0.3) is 0 Å². The summed E-state index contributed by atoms with van der Waals surface area (Å²) >= 11 is 0. The van der Waals surface area contributed by atoms with Crippen molar-refractivity contribution >= 4 is 11.7 Å². The fourth-order valence-electron chi connectivity index (χ4n) is 1.53. The van der Waals surface area contributed by atoms with Gasteiger partial charge < -0.3 is 14.9 Å². The molecular formula is C12H15NO6. The number of hydrogen-bond acceptors (Lipinski definition) is 5. The Morgan fingerprint density at radius 3 is 2.42 bits per heavy atom. The van der Waals surface area contributed by atoms with Crippen molar-refractivity contribution in [1.82, 2.24) is 0 Å². The van der Waals surface area contributed by atoms with Crippen molar-refractivity contribution in [3.05, 3.63) is 34.4 Å². The van der Waals surface area contributed by atoms with Crippen molar-refractivity contribution in [3.63, 3.8) is 0 Å². The molecule has 0 aromatic heterocycles. The molecular weight excluding hydrogens is 254 g/mol. The van der Waals surface area contributed by atoms with Gasteiger partial charge in [-0.05, 0) is 18.6 Å². The molecule has 0 aliphatic heterocycles. The maximum absolute atomic E-state index is 11.0. The molecule has 0 saturated heterocycles. The quantitative estimate of drug-likeness (QED) is 0.574. The number of nitrogens with zero attached hydrogens (tertiary/aromatic N) is 1. The van der Waals surface area contributed by atoms with Gasteiger partial charge in [0.15, 0.2) is 0 Å². The van der Waals surface area contributed by atoms with Crippen LogP contribution in [0.2, 0.25) is 0 Å². The normalized spacial score (nSPS) is 13.6. The Morgan fingerprint density at radius 1 is 1.42 bits per heavy atom. The summed E-state index contributed by atoms with van der Waals surface area (Å²) in [5.41, 5.74) is -0.117. The summed E-state index contributed by atoms with van der Waals surface area (Å²) in [5, 5.41) is 29.1. The molecule has 0 aliphatic carbocycles. The van der Waals surface area contributed by atoms with Gasteiger partial charge in [-0.3, -0.25) is 10.1 Å². The number of carbonyl (C=O) groups is 1. The summed E-state index contributed by atoms with van der Waals surface area (Å²) in [4.78, 5) is 20.9. The van der Waals surface area contributed by atoms with Crippen LogP contribution in [0, 0.1) is 10.1 Å². The third-order valence-electron chi connectivity index (χ3n) is 2.49. The monoisotopic (exact) mass is 269 g/mol. The number of aliphatic hydroxyl groups is 1. The van der Waals surface area contributed by atoms with Gasteiger partial charge in [0.25, 0.3) is 5.69 Å². The number of rotatable bonds is 7. The van der Waals surface area contributed by atoms with Gasteiger partial charge in [-0.15, -0.1) is 0 Å².